The lowest BCUT2D eigenvalue weighted by atomic mass is 10.2. The number of rotatable bonds is 4. The molecule has 1 saturated heterocycles. The number of nitrogens with one attached hydrogen (secondary N) is 1. The molecule has 1 heterocycles. The van der Waals surface area contributed by atoms with Crippen molar-refractivity contribution >= 4 is 33.2 Å². The Balaban J connectivity index is 1.79. The molecule has 3 rings (SSSR count). The number of amides is 1. The van der Waals surface area contributed by atoms with Gasteiger partial charge >= 0.3 is 0 Å². The molecule has 1 aliphatic rings. The molecule has 0 saturated carbocycles. The van der Waals surface area contributed by atoms with Crippen LogP contribution in [-0.4, -0.2) is 44.9 Å². The number of ether oxygens (including phenoxy) is 1. The summed E-state index contributed by atoms with van der Waals surface area (Å²) in [5.41, 5.74) is 0.199. The largest absolute Gasteiger partial charge is 0.379 e. The van der Waals surface area contributed by atoms with Crippen molar-refractivity contribution in [2.45, 2.75) is 4.90 Å². The highest BCUT2D eigenvalue weighted by Gasteiger charge is 2.27. The molecule has 0 aromatic heterocycles. The van der Waals surface area contributed by atoms with E-state index in [4.69, 9.17) is 16.3 Å². The predicted octanol–water partition coefficient (Wildman–Crippen LogP) is 2.75. The number of sulfonamides is 1. The third kappa shape index (κ3) is 4.04. The Bertz CT molecular complexity index is 913. The van der Waals surface area contributed by atoms with Crippen LogP contribution in [0, 0.1) is 5.82 Å². The van der Waals surface area contributed by atoms with E-state index >= 15 is 0 Å². The first-order valence-corrected chi connectivity index (χ1v) is 9.64. The molecule has 6 nitrogen and oxygen atoms in total. The van der Waals surface area contributed by atoms with E-state index in [0.29, 0.717) is 23.8 Å². The van der Waals surface area contributed by atoms with Crippen LogP contribution in [0.15, 0.2) is 47.4 Å². The van der Waals surface area contributed by atoms with Crippen molar-refractivity contribution in [3.8, 4) is 0 Å². The van der Waals surface area contributed by atoms with Crippen LogP contribution in [0.1, 0.15) is 10.4 Å². The van der Waals surface area contributed by atoms with Gasteiger partial charge in [-0.2, -0.15) is 4.31 Å². The summed E-state index contributed by atoms with van der Waals surface area (Å²) in [5, 5.41) is 2.90. The third-order valence-corrected chi connectivity index (χ3v) is 6.05. The number of carbonyl (C=O) groups excluding carboxylic acids is 1. The number of anilines is 1. The summed E-state index contributed by atoms with van der Waals surface area (Å²) >= 11 is 5.77. The molecule has 1 N–H and O–H groups in total. The molecule has 26 heavy (non-hydrogen) atoms. The first kappa shape index (κ1) is 18.8. The lowest BCUT2D eigenvalue weighted by Gasteiger charge is -2.26. The fourth-order valence-electron chi connectivity index (χ4n) is 2.49. The number of nitrogens with zero attached hydrogens (tertiary/aromatic N) is 1. The van der Waals surface area contributed by atoms with Gasteiger partial charge in [0.15, 0.2) is 0 Å². The molecule has 0 bridgehead atoms. The van der Waals surface area contributed by atoms with Gasteiger partial charge in [-0.3, -0.25) is 4.79 Å². The number of hydrogen-bond acceptors (Lipinski definition) is 4. The SMILES string of the molecule is O=C(Nc1ccc(S(=O)(=O)N2CCOCC2)cc1F)c1ccc(Cl)cc1. The standard InChI is InChI=1S/C17H16ClFN2O4S/c18-13-3-1-12(2-4-13)17(22)20-16-6-5-14(11-15(16)19)26(23,24)21-7-9-25-10-8-21/h1-6,11H,7-10H2,(H,20,22). The van der Waals surface area contributed by atoms with Crippen LogP contribution in [0.4, 0.5) is 10.1 Å². The Kier molecular flexibility index (Phi) is 5.57. The number of hydrogen-bond donors (Lipinski definition) is 1. The second-order valence-corrected chi connectivity index (χ2v) is 7.99. The molecule has 1 amide bonds. The topological polar surface area (TPSA) is 75.7 Å². The molecular formula is C17H16ClFN2O4S. The van der Waals surface area contributed by atoms with Crippen molar-refractivity contribution < 1.29 is 22.3 Å². The van der Waals surface area contributed by atoms with Crippen molar-refractivity contribution in [2.75, 3.05) is 31.6 Å². The van der Waals surface area contributed by atoms with E-state index < -0.39 is 21.7 Å². The fourth-order valence-corrected chi connectivity index (χ4v) is 4.04. The Morgan fingerprint density at radius 1 is 1.12 bits per heavy atom. The van der Waals surface area contributed by atoms with Crippen LogP contribution < -0.4 is 5.32 Å². The maximum atomic E-state index is 14.3. The quantitative estimate of drug-likeness (QED) is 0.859. The monoisotopic (exact) mass is 398 g/mol. The minimum Gasteiger partial charge on any atom is -0.379 e. The summed E-state index contributed by atoms with van der Waals surface area (Å²) in [7, 11) is -3.80. The molecule has 2 aromatic carbocycles. The maximum absolute atomic E-state index is 14.3. The summed E-state index contributed by atoms with van der Waals surface area (Å²) in [4.78, 5) is 12.0. The first-order valence-electron chi connectivity index (χ1n) is 7.82. The molecule has 9 heteroatoms. The smallest absolute Gasteiger partial charge is 0.255 e. The lowest BCUT2D eigenvalue weighted by molar-refractivity contribution is 0.0730. The van der Waals surface area contributed by atoms with Crippen LogP contribution in [0.3, 0.4) is 0 Å². The number of carbonyl (C=O) groups is 1. The molecule has 0 unspecified atom stereocenters. The minimum atomic E-state index is -3.80. The molecule has 2 aromatic rings. The van der Waals surface area contributed by atoms with Crippen LogP contribution in [0.5, 0.6) is 0 Å². The molecule has 138 valence electrons. The highest BCUT2D eigenvalue weighted by Crippen LogP contribution is 2.23. The zero-order valence-corrected chi connectivity index (χ0v) is 15.2. The number of morpholine rings is 1. The second kappa shape index (κ2) is 7.71. The summed E-state index contributed by atoms with van der Waals surface area (Å²) in [6.45, 7) is 1.05. The van der Waals surface area contributed by atoms with Gasteiger partial charge in [-0.05, 0) is 42.5 Å². The zero-order chi connectivity index (χ0) is 18.7. The highest BCUT2D eigenvalue weighted by molar-refractivity contribution is 7.89. The molecular weight excluding hydrogens is 383 g/mol. The van der Waals surface area contributed by atoms with Crippen LogP contribution >= 0.6 is 11.6 Å². The van der Waals surface area contributed by atoms with Gasteiger partial charge in [-0.1, -0.05) is 11.6 Å². The van der Waals surface area contributed by atoms with E-state index in [-0.39, 0.29) is 23.7 Å². The van der Waals surface area contributed by atoms with Gasteiger partial charge in [-0.15, -0.1) is 0 Å². The Hall–Kier alpha value is -2.00. The van der Waals surface area contributed by atoms with E-state index in [1.165, 1.54) is 28.6 Å². The summed E-state index contributed by atoms with van der Waals surface area (Å²) in [6.07, 6.45) is 0. The van der Waals surface area contributed by atoms with Crippen LogP contribution in [0.25, 0.3) is 0 Å². The van der Waals surface area contributed by atoms with E-state index in [0.717, 1.165) is 6.07 Å². The predicted molar refractivity (Wildman–Crippen MR) is 95.4 cm³/mol. The van der Waals surface area contributed by atoms with Gasteiger partial charge in [-0.25, -0.2) is 12.8 Å². The first-order chi connectivity index (χ1) is 12.4. The average molecular weight is 399 g/mol. The van der Waals surface area contributed by atoms with Gasteiger partial charge in [0, 0.05) is 23.7 Å². The second-order valence-electron chi connectivity index (χ2n) is 5.62. The van der Waals surface area contributed by atoms with Gasteiger partial charge in [0.05, 0.1) is 23.8 Å². The summed E-state index contributed by atoms with van der Waals surface area (Å²) < 4.78 is 45.8. The zero-order valence-electron chi connectivity index (χ0n) is 13.6. The van der Waals surface area contributed by atoms with E-state index in [2.05, 4.69) is 5.32 Å². The highest BCUT2D eigenvalue weighted by atomic mass is 35.5. The molecule has 0 atom stereocenters. The van der Waals surface area contributed by atoms with Crippen molar-refractivity contribution in [1.29, 1.82) is 0 Å². The molecule has 0 aliphatic carbocycles. The van der Waals surface area contributed by atoms with Gasteiger partial charge in [0.1, 0.15) is 5.82 Å². The van der Waals surface area contributed by atoms with Gasteiger partial charge in [0.25, 0.3) is 5.91 Å². The number of halogens is 2. The Labute approximate surface area is 155 Å². The average Bonchev–Trinajstić information content (AvgIpc) is 2.64. The third-order valence-electron chi connectivity index (χ3n) is 3.90. The van der Waals surface area contributed by atoms with Gasteiger partial charge in [0.2, 0.25) is 10.0 Å². The van der Waals surface area contributed by atoms with E-state index in [9.17, 15) is 17.6 Å². The maximum Gasteiger partial charge on any atom is 0.255 e. The normalized spacial score (nSPS) is 15.6. The Morgan fingerprint density at radius 2 is 1.77 bits per heavy atom. The van der Waals surface area contributed by atoms with E-state index in [1.54, 1.807) is 12.1 Å². The van der Waals surface area contributed by atoms with Crippen molar-refractivity contribution in [2.24, 2.45) is 0 Å². The molecule has 0 radical (unpaired) electrons. The van der Waals surface area contributed by atoms with Crippen LogP contribution in [-0.2, 0) is 14.8 Å². The van der Waals surface area contributed by atoms with Crippen molar-refractivity contribution in [3.63, 3.8) is 0 Å². The summed E-state index contributed by atoms with van der Waals surface area (Å²) in [5.74, 6) is -1.36. The molecule has 1 aliphatic heterocycles. The number of benzene rings is 2. The van der Waals surface area contributed by atoms with E-state index in [1.807, 2.05) is 0 Å². The van der Waals surface area contributed by atoms with Crippen molar-refractivity contribution in [3.05, 3.63) is 58.9 Å². The lowest BCUT2D eigenvalue weighted by Crippen LogP contribution is -2.40. The molecule has 0 spiro atoms. The minimum absolute atomic E-state index is 0.106. The molecule has 1 fully saturated rings. The Morgan fingerprint density at radius 3 is 2.38 bits per heavy atom. The van der Waals surface area contributed by atoms with Gasteiger partial charge < -0.3 is 10.1 Å². The fraction of sp³-hybridized carbons (Fsp3) is 0.235. The van der Waals surface area contributed by atoms with Crippen LogP contribution in [0.2, 0.25) is 5.02 Å². The summed E-state index contributed by atoms with van der Waals surface area (Å²) in [6, 6.07) is 9.51. The van der Waals surface area contributed by atoms with Crippen molar-refractivity contribution in [1.82, 2.24) is 4.31 Å².